The Labute approximate surface area is 250 Å². The summed E-state index contributed by atoms with van der Waals surface area (Å²) >= 11 is 1.41. The van der Waals surface area contributed by atoms with Crippen LogP contribution in [-0.2, 0) is 9.59 Å². The number of nitrogens with one attached hydrogen (secondary N) is 3. The minimum atomic E-state index is -0.455. The van der Waals surface area contributed by atoms with Crippen molar-refractivity contribution >= 4 is 46.9 Å². The SMILES string of the molecule is CCOc1ccc(NC(=O)C(C)Sc2ccc(NC(=O)/C(=C/c3ccc(C)cc3)NC(=O)c3ccccc3)cc2)cc1. The molecule has 0 radical (unpaired) electrons. The highest BCUT2D eigenvalue weighted by Crippen LogP contribution is 2.26. The monoisotopic (exact) mass is 579 g/mol. The van der Waals surface area contributed by atoms with E-state index in [0.717, 1.165) is 21.8 Å². The molecule has 0 aliphatic heterocycles. The third-order valence-electron chi connectivity index (χ3n) is 6.14. The lowest BCUT2D eigenvalue weighted by Crippen LogP contribution is -2.30. The summed E-state index contributed by atoms with van der Waals surface area (Å²) in [6, 6.07) is 30.8. The van der Waals surface area contributed by atoms with E-state index in [0.29, 0.717) is 23.5 Å². The quantitative estimate of drug-likeness (QED) is 0.132. The third kappa shape index (κ3) is 8.84. The van der Waals surface area contributed by atoms with Crippen LogP contribution >= 0.6 is 11.8 Å². The van der Waals surface area contributed by atoms with Crippen molar-refractivity contribution in [1.82, 2.24) is 5.32 Å². The number of amides is 3. The van der Waals surface area contributed by atoms with E-state index in [2.05, 4.69) is 16.0 Å². The molecule has 42 heavy (non-hydrogen) atoms. The molecule has 0 saturated heterocycles. The summed E-state index contributed by atoms with van der Waals surface area (Å²) < 4.78 is 5.44. The van der Waals surface area contributed by atoms with Crippen molar-refractivity contribution in [3.05, 3.63) is 126 Å². The van der Waals surface area contributed by atoms with Gasteiger partial charge in [-0.1, -0.05) is 48.0 Å². The van der Waals surface area contributed by atoms with Gasteiger partial charge in [0.05, 0.1) is 11.9 Å². The fourth-order valence-electron chi connectivity index (χ4n) is 3.89. The first-order chi connectivity index (χ1) is 20.3. The van der Waals surface area contributed by atoms with Crippen molar-refractivity contribution in [1.29, 1.82) is 0 Å². The van der Waals surface area contributed by atoms with Crippen molar-refractivity contribution in [2.75, 3.05) is 17.2 Å². The largest absolute Gasteiger partial charge is 0.494 e. The van der Waals surface area contributed by atoms with Crippen LogP contribution in [0.15, 0.2) is 114 Å². The van der Waals surface area contributed by atoms with Crippen LogP contribution in [0.1, 0.15) is 35.3 Å². The molecule has 8 heteroatoms. The van der Waals surface area contributed by atoms with Gasteiger partial charge < -0.3 is 20.7 Å². The van der Waals surface area contributed by atoms with Crippen molar-refractivity contribution in [2.45, 2.75) is 30.9 Å². The molecule has 4 rings (SSSR count). The molecule has 0 fully saturated rings. The van der Waals surface area contributed by atoms with Gasteiger partial charge >= 0.3 is 0 Å². The summed E-state index contributed by atoms with van der Waals surface area (Å²) in [7, 11) is 0. The lowest BCUT2D eigenvalue weighted by Gasteiger charge is -2.14. The Bertz CT molecular complexity index is 1530. The predicted octanol–water partition coefficient (Wildman–Crippen LogP) is 6.92. The van der Waals surface area contributed by atoms with Gasteiger partial charge in [0, 0.05) is 21.8 Å². The van der Waals surface area contributed by atoms with Crippen LogP contribution in [0, 0.1) is 6.92 Å². The number of anilines is 2. The Balaban J connectivity index is 1.39. The number of carbonyl (C=O) groups is 3. The number of rotatable bonds is 11. The number of aryl methyl sites for hydroxylation is 1. The van der Waals surface area contributed by atoms with E-state index in [9.17, 15) is 14.4 Å². The molecule has 214 valence electrons. The zero-order valence-electron chi connectivity index (χ0n) is 23.7. The molecule has 0 heterocycles. The number of ether oxygens (including phenoxy) is 1. The van der Waals surface area contributed by atoms with Crippen LogP contribution in [0.3, 0.4) is 0 Å². The lowest BCUT2D eigenvalue weighted by molar-refractivity contribution is -0.115. The Morgan fingerprint density at radius 2 is 1.43 bits per heavy atom. The Morgan fingerprint density at radius 1 is 0.810 bits per heavy atom. The molecule has 1 unspecified atom stereocenters. The van der Waals surface area contributed by atoms with E-state index in [1.54, 1.807) is 42.5 Å². The summed E-state index contributed by atoms with van der Waals surface area (Å²) in [4.78, 5) is 39.7. The van der Waals surface area contributed by atoms with Crippen LogP contribution in [0.25, 0.3) is 6.08 Å². The highest BCUT2D eigenvalue weighted by molar-refractivity contribution is 8.00. The summed E-state index contributed by atoms with van der Waals surface area (Å²) in [5.74, 6) is -0.209. The van der Waals surface area contributed by atoms with Gasteiger partial charge in [0.15, 0.2) is 0 Å². The molecule has 7 nitrogen and oxygen atoms in total. The zero-order valence-corrected chi connectivity index (χ0v) is 24.5. The van der Waals surface area contributed by atoms with Crippen molar-refractivity contribution in [2.24, 2.45) is 0 Å². The smallest absolute Gasteiger partial charge is 0.272 e. The van der Waals surface area contributed by atoms with Gasteiger partial charge in [0.2, 0.25) is 5.91 Å². The van der Waals surface area contributed by atoms with Crippen LogP contribution < -0.4 is 20.7 Å². The van der Waals surface area contributed by atoms with E-state index in [1.165, 1.54) is 11.8 Å². The fourth-order valence-corrected chi connectivity index (χ4v) is 4.76. The topological polar surface area (TPSA) is 96.5 Å². The third-order valence-corrected chi connectivity index (χ3v) is 7.26. The van der Waals surface area contributed by atoms with E-state index in [4.69, 9.17) is 4.74 Å². The van der Waals surface area contributed by atoms with Crippen molar-refractivity contribution < 1.29 is 19.1 Å². The lowest BCUT2D eigenvalue weighted by atomic mass is 10.1. The molecule has 3 N–H and O–H groups in total. The molecule has 0 saturated carbocycles. The minimum absolute atomic E-state index is 0.116. The molecule has 0 spiro atoms. The van der Waals surface area contributed by atoms with E-state index in [1.807, 2.05) is 87.5 Å². The normalized spacial score (nSPS) is 11.7. The number of benzene rings is 4. The second-order valence-corrected chi connectivity index (χ2v) is 10.9. The van der Waals surface area contributed by atoms with Crippen LogP contribution in [-0.4, -0.2) is 29.6 Å². The molecular weight excluding hydrogens is 546 g/mol. The summed E-state index contributed by atoms with van der Waals surface area (Å²) in [5, 5.41) is 8.18. The molecule has 4 aromatic carbocycles. The molecule has 4 aromatic rings. The van der Waals surface area contributed by atoms with Gasteiger partial charge in [-0.05, 0) is 93.1 Å². The van der Waals surface area contributed by atoms with Gasteiger partial charge in [0.1, 0.15) is 11.4 Å². The van der Waals surface area contributed by atoms with Crippen LogP contribution in [0.4, 0.5) is 11.4 Å². The maximum absolute atomic E-state index is 13.3. The number of carbonyl (C=O) groups excluding carboxylic acids is 3. The summed E-state index contributed by atoms with van der Waals surface area (Å²) in [6.07, 6.45) is 1.64. The average molecular weight is 580 g/mol. The van der Waals surface area contributed by atoms with Crippen molar-refractivity contribution in [3.63, 3.8) is 0 Å². The standard InChI is InChI=1S/C34H33N3O4S/c1-4-41-29-18-14-27(15-19-29)35-32(38)24(3)42-30-20-16-28(17-21-30)36-34(40)31(22-25-12-10-23(2)11-13-25)37-33(39)26-8-6-5-7-9-26/h5-22,24H,4H2,1-3H3,(H,35,38)(H,36,40)(H,37,39)/b31-22-. The van der Waals surface area contributed by atoms with E-state index < -0.39 is 5.91 Å². The first kappa shape index (κ1) is 30.1. The van der Waals surface area contributed by atoms with Crippen molar-refractivity contribution in [3.8, 4) is 5.75 Å². The van der Waals surface area contributed by atoms with Gasteiger partial charge in [-0.25, -0.2) is 0 Å². The number of hydrogen-bond donors (Lipinski definition) is 3. The molecule has 0 aliphatic rings. The highest BCUT2D eigenvalue weighted by Gasteiger charge is 2.17. The second-order valence-electron chi connectivity index (χ2n) is 9.47. The number of thioether (sulfide) groups is 1. The first-order valence-electron chi connectivity index (χ1n) is 13.6. The van der Waals surface area contributed by atoms with Gasteiger partial charge in [-0.3, -0.25) is 14.4 Å². The fraction of sp³-hybridized carbons (Fsp3) is 0.147. The molecule has 0 aliphatic carbocycles. The molecule has 1 atom stereocenters. The first-order valence-corrected chi connectivity index (χ1v) is 14.4. The average Bonchev–Trinajstić information content (AvgIpc) is 3.00. The number of hydrogen-bond acceptors (Lipinski definition) is 5. The maximum Gasteiger partial charge on any atom is 0.272 e. The van der Waals surface area contributed by atoms with Gasteiger partial charge in [0.25, 0.3) is 11.8 Å². The minimum Gasteiger partial charge on any atom is -0.494 e. The molecular formula is C34H33N3O4S. The zero-order chi connectivity index (χ0) is 29.9. The highest BCUT2D eigenvalue weighted by atomic mass is 32.2. The Kier molecular flexibility index (Phi) is 10.6. The van der Waals surface area contributed by atoms with Crippen LogP contribution in [0.5, 0.6) is 5.75 Å². The predicted molar refractivity (Wildman–Crippen MR) is 170 cm³/mol. The van der Waals surface area contributed by atoms with Gasteiger partial charge in [-0.15, -0.1) is 11.8 Å². The summed E-state index contributed by atoms with van der Waals surface area (Å²) in [6.45, 7) is 6.32. The van der Waals surface area contributed by atoms with Crippen LogP contribution in [0.2, 0.25) is 0 Å². The van der Waals surface area contributed by atoms with E-state index >= 15 is 0 Å². The summed E-state index contributed by atoms with van der Waals surface area (Å²) in [5.41, 5.74) is 3.69. The molecule has 3 amide bonds. The molecule has 0 aromatic heterocycles. The maximum atomic E-state index is 13.3. The van der Waals surface area contributed by atoms with Gasteiger partial charge in [-0.2, -0.15) is 0 Å². The Morgan fingerprint density at radius 3 is 2.07 bits per heavy atom. The molecule has 0 bridgehead atoms. The second kappa shape index (κ2) is 14.7. The van der Waals surface area contributed by atoms with E-state index in [-0.39, 0.29) is 22.8 Å². The Hall–Kier alpha value is -4.82.